The van der Waals surface area contributed by atoms with Gasteiger partial charge in [0.2, 0.25) is 5.91 Å². The smallest absolute Gasteiger partial charge is 0.236 e. The Hall–Kier alpha value is -1.61. The van der Waals surface area contributed by atoms with Crippen molar-refractivity contribution in [3.8, 4) is 17.0 Å². The fourth-order valence-electron chi connectivity index (χ4n) is 1.69. The van der Waals surface area contributed by atoms with E-state index in [1.54, 1.807) is 5.38 Å². The maximum atomic E-state index is 13.9. The Kier molecular flexibility index (Phi) is 6.40. The average Bonchev–Trinajstić information content (AvgIpc) is 2.98. The highest BCUT2D eigenvalue weighted by molar-refractivity contribution is 9.09. The minimum Gasteiger partial charge on any atom is -0.488 e. The van der Waals surface area contributed by atoms with Gasteiger partial charge in [-0.3, -0.25) is 9.18 Å². The van der Waals surface area contributed by atoms with Crippen LogP contribution in [0.25, 0.3) is 11.3 Å². The fraction of sp³-hybridized carbons (Fsp3) is 0.286. The van der Waals surface area contributed by atoms with Gasteiger partial charge in [0.1, 0.15) is 0 Å². The number of ether oxygens (including phenoxy) is 1. The zero-order valence-corrected chi connectivity index (χ0v) is 14.1. The summed E-state index contributed by atoms with van der Waals surface area (Å²) in [6.07, 6.45) is 0.0589. The molecule has 124 valence electrons. The van der Waals surface area contributed by atoms with E-state index in [-0.39, 0.29) is 29.8 Å². The lowest BCUT2D eigenvalue weighted by Gasteiger charge is -2.08. The molecule has 0 bridgehead atoms. The monoisotopic (exact) mass is 408 g/mol. The molecule has 0 aliphatic rings. The highest BCUT2D eigenvalue weighted by Crippen LogP contribution is 2.31. The number of hydrogen-bond donors (Lipinski definition) is 1. The Balaban J connectivity index is 2.19. The van der Waals surface area contributed by atoms with Crippen LogP contribution in [0.5, 0.6) is 5.75 Å². The van der Waals surface area contributed by atoms with Crippen molar-refractivity contribution in [3.05, 3.63) is 29.1 Å². The molecule has 1 aromatic carbocycles. The van der Waals surface area contributed by atoms with E-state index in [2.05, 4.69) is 26.2 Å². The Morgan fingerprint density at radius 2 is 2.04 bits per heavy atom. The number of anilines is 1. The molecule has 0 aliphatic heterocycles. The van der Waals surface area contributed by atoms with Gasteiger partial charge in [-0.1, -0.05) is 15.9 Å². The standard InChI is InChI=1S/C14H12BrF3N2O2S/c15-6-12(21)20-14-19-11(7-23-14)8-4-9(17)13(10(18)5-8)22-3-1-2-16/h4-5,7H,1-3,6H2,(H,19,20,21). The van der Waals surface area contributed by atoms with Crippen LogP contribution in [0.2, 0.25) is 0 Å². The van der Waals surface area contributed by atoms with Gasteiger partial charge < -0.3 is 10.1 Å². The van der Waals surface area contributed by atoms with Crippen LogP contribution in [-0.4, -0.2) is 29.5 Å². The van der Waals surface area contributed by atoms with Crippen LogP contribution in [0, 0.1) is 11.6 Å². The van der Waals surface area contributed by atoms with E-state index in [1.165, 1.54) is 0 Å². The van der Waals surface area contributed by atoms with Gasteiger partial charge in [0.25, 0.3) is 0 Å². The summed E-state index contributed by atoms with van der Waals surface area (Å²) in [5, 5.41) is 4.55. The number of alkyl halides is 2. The predicted molar refractivity (Wildman–Crippen MR) is 86.0 cm³/mol. The first-order chi connectivity index (χ1) is 11.0. The molecule has 23 heavy (non-hydrogen) atoms. The number of nitrogens with zero attached hydrogens (tertiary/aromatic N) is 1. The Morgan fingerprint density at radius 3 is 2.65 bits per heavy atom. The summed E-state index contributed by atoms with van der Waals surface area (Å²) >= 11 is 4.14. The van der Waals surface area contributed by atoms with E-state index in [1.807, 2.05) is 0 Å². The zero-order valence-electron chi connectivity index (χ0n) is 11.7. The number of nitrogens with one attached hydrogen (secondary N) is 1. The molecule has 0 aliphatic carbocycles. The predicted octanol–water partition coefficient (Wildman–Crippen LogP) is 4.16. The number of carbonyl (C=O) groups excluding carboxylic acids is 1. The van der Waals surface area contributed by atoms with E-state index < -0.39 is 24.1 Å². The quantitative estimate of drug-likeness (QED) is 0.552. The maximum Gasteiger partial charge on any atom is 0.236 e. The lowest BCUT2D eigenvalue weighted by molar-refractivity contribution is -0.113. The fourth-order valence-corrected chi connectivity index (χ4v) is 2.57. The first-order valence-electron chi connectivity index (χ1n) is 6.54. The second kappa shape index (κ2) is 8.30. The van der Waals surface area contributed by atoms with Crippen molar-refractivity contribution in [1.29, 1.82) is 0 Å². The first kappa shape index (κ1) is 17.7. The second-order valence-corrected chi connectivity index (χ2v) is 5.80. The van der Waals surface area contributed by atoms with E-state index >= 15 is 0 Å². The van der Waals surface area contributed by atoms with Gasteiger partial charge in [-0.25, -0.2) is 13.8 Å². The number of halogens is 4. The normalized spacial score (nSPS) is 10.6. The highest BCUT2D eigenvalue weighted by atomic mass is 79.9. The Labute approximate surface area is 142 Å². The summed E-state index contributed by atoms with van der Waals surface area (Å²) < 4.78 is 44.8. The lowest BCUT2D eigenvalue weighted by Crippen LogP contribution is -2.11. The van der Waals surface area contributed by atoms with Crippen LogP contribution >= 0.6 is 27.3 Å². The van der Waals surface area contributed by atoms with Crippen molar-refractivity contribution in [2.75, 3.05) is 23.9 Å². The molecule has 0 fully saturated rings. The van der Waals surface area contributed by atoms with Crippen LogP contribution in [0.1, 0.15) is 6.42 Å². The Bertz CT molecular complexity index is 673. The summed E-state index contributed by atoms with van der Waals surface area (Å²) in [6, 6.07) is 2.16. The van der Waals surface area contributed by atoms with Crippen molar-refractivity contribution in [2.45, 2.75) is 6.42 Å². The molecule has 2 rings (SSSR count). The van der Waals surface area contributed by atoms with Gasteiger partial charge >= 0.3 is 0 Å². The minimum atomic E-state index is -0.891. The summed E-state index contributed by atoms with van der Waals surface area (Å²) in [5.74, 6) is -2.60. The number of thiazole rings is 1. The van der Waals surface area contributed by atoms with Crippen molar-refractivity contribution < 1.29 is 22.7 Å². The van der Waals surface area contributed by atoms with Crippen LogP contribution in [-0.2, 0) is 4.79 Å². The van der Waals surface area contributed by atoms with Gasteiger partial charge in [-0.15, -0.1) is 11.3 Å². The number of hydrogen-bond acceptors (Lipinski definition) is 4. The van der Waals surface area contributed by atoms with Gasteiger partial charge in [-0.2, -0.15) is 0 Å². The molecule has 0 atom stereocenters. The van der Waals surface area contributed by atoms with E-state index in [4.69, 9.17) is 4.74 Å². The summed E-state index contributed by atoms with van der Waals surface area (Å²) in [6.45, 7) is -0.730. The van der Waals surface area contributed by atoms with E-state index in [0.717, 1.165) is 23.5 Å². The minimum absolute atomic E-state index is 0.0589. The third kappa shape index (κ3) is 4.68. The number of rotatable bonds is 7. The van der Waals surface area contributed by atoms with Crippen molar-refractivity contribution in [2.24, 2.45) is 0 Å². The molecule has 1 N–H and O–H groups in total. The van der Waals surface area contributed by atoms with Crippen molar-refractivity contribution in [1.82, 2.24) is 4.98 Å². The van der Waals surface area contributed by atoms with Gasteiger partial charge in [0, 0.05) is 17.4 Å². The maximum absolute atomic E-state index is 13.9. The average molecular weight is 409 g/mol. The number of carbonyl (C=O) groups is 1. The van der Waals surface area contributed by atoms with Crippen LogP contribution < -0.4 is 10.1 Å². The molecular weight excluding hydrogens is 397 g/mol. The molecule has 2 aromatic rings. The molecular formula is C14H12BrF3N2O2S. The first-order valence-corrected chi connectivity index (χ1v) is 8.54. The SMILES string of the molecule is O=C(CBr)Nc1nc(-c2cc(F)c(OCCCF)c(F)c2)cs1. The molecule has 0 spiro atoms. The van der Waals surface area contributed by atoms with Crippen molar-refractivity contribution in [3.63, 3.8) is 0 Å². The van der Waals surface area contributed by atoms with E-state index in [9.17, 15) is 18.0 Å². The van der Waals surface area contributed by atoms with Gasteiger partial charge in [-0.05, 0) is 12.1 Å². The topological polar surface area (TPSA) is 51.2 Å². The largest absolute Gasteiger partial charge is 0.488 e. The summed E-state index contributed by atoms with van der Waals surface area (Å²) in [5.41, 5.74) is 0.543. The number of benzene rings is 1. The van der Waals surface area contributed by atoms with E-state index in [0.29, 0.717) is 10.8 Å². The molecule has 0 saturated carbocycles. The molecule has 1 amide bonds. The second-order valence-electron chi connectivity index (χ2n) is 4.38. The summed E-state index contributed by atoms with van der Waals surface area (Å²) in [7, 11) is 0. The molecule has 1 heterocycles. The van der Waals surface area contributed by atoms with Crippen LogP contribution in [0.15, 0.2) is 17.5 Å². The Morgan fingerprint density at radius 1 is 1.35 bits per heavy atom. The zero-order chi connectivity index (χ0) is 16.8. The van der Waals surface area contributed by atoms with Gasteiger partial charge in [0.05, 0.1) is 24.3 Å². The lowest BCUT2D eigenvalue weighted by atomic mass is 10.1. The number of aromatic nitrogens is 1. The molecule has 1 aromatic heterocycles. The van der Waals surface area contributed by atoms with Gasteiger partial charge in [0.15, 0.2) is 22.5 Å². The molecule has 0 saturated heterocycles. The van der Waals surface area contributed by atoms with Crippen molar-refractivity contribution >= 4 is 38.3 Å². The highest BCUT2D eigenvalue weighted by Gasteiger charge is 2.15. The molecule has 0 unspecified atom stereocenters. The van der Waals surface area contributed by atoms with Crippen LogP contribution in [0.4, 0.5) is 18.3 Å². The van der Waals surface area contributed by atoms with Crippen LogP contribution in [0.3, 0.4) is 0 Å². The third-order valence-electron chi connectivity index (χ3n) is 2.69. The molecule has 9 heteroatoms. The third-order valence-corrected chi connectivity index (χ3v) is 3.96. The molecule has 4 nitrogen and oxygen atoms in total. The summed E-state index contributed by atoms with van der Waals surface area (Å²) in [4.78, 5) is 15.3. The number of amides is 1. The molecule has 0 radical (unpaired) electrons.